The molecule has 21 heavy (non-hydrogen) atoms. The number of aliphatic hydroxyl groups is 1. The van der Waals surface area contributed by atoms with Gasteiger partial charge in [-0.1, -0.05) is 13.8 Å². The van der Waals surface area contributed by atoms with E-state index in [1.165, 1.54) is 44.9 Å². The molecule has 5 atom stereocenters. The van der Waals surface area contributed by atoms with Crippen molar-refractivity contribution in [2.75, 3.05) is 6.61 Å². The molecule has 0 spiro atoms. The zero-order valence-corrected chi connectivity index (χ0v) is 13.8. The van der Waals surface area contributed by atoms with Crippen LogP contribution in [0.1, 0.15) is 71.6 Å². The third-order valence-corrected chi connectivity index (χ3v) is 6.13. The minimum atomic E-state index is -0.0579. The van der Waals surface area contributed by atoms with Crippen molar-refractivity contribution in [2.24, 2.45) is 11.8 Å². The van der Waals surface area contributed by atoms with Crippen LogP contribution in [0, 0.1) is 11.8 Å². The molecule has 0 radical (unpaired) electrons. The molecule has 0 aliphatic heterocycles. The summed E-state index contributed by atoms with van der Waals surface area (Å²) in [6.07, 6.45) is 11.6. The van der Waals surface area contributed by atoms with Crippen LogP contribution in [0.15, 0.2) is 0 Å². The van der Waals surface area contributed by atoms with Gasteiger partial charge in [0.2, 0.25) is 0 Å². The molecule has 3 fully saturated rings. The van der Waals surface area contributed by atoms with Gasteiger partial charge in [-0.15, -0.1) is 0 Å². The number of rotatable bonds is 5. The summed E-state index contributed by atoms with van der Waals surface area (Å²) in [6, 6.07) is 0.659. The van der Waals surface area contributed by atoms with Crippen molar-refractivity contribution in [3.63, 3.8) is 0 Å². The fraction of sp³-hybridized carbons (Fsp3) is 1.00. The maximum atomic E-state index is 9.90. The Bertz CT molecular complexity index is 344. The molecule has 3 nitrogen and oxygen atoms in total. The molecular weight excluding hydrogens is 262 g/mol. The quantitative estimate of drug-likeness (QED) is 0.818. The van der Waals surface area contributed by atoms with Gasteiger partial charge < -0.3 is 15.2 Å². The Balaban J connectivity index is 1.53. The largest absolute Gasteiger partial charge is 0.394 e. The highest BCUT2D eigenvalue weighted by atomic mass is 16.5. The van der Waals surface area contributed by atoms with Crippen LogP contribution in [0.2, 0.25) is 0 Å². The van der Waals surface area contributed by atoms with Gasteiger partial charge in [0.1, 0.15) is 0 Å². The van der Waals surface area contributed by atoms with Gasteiger partial charge in [0.25, 0.3) is 0 Å². The number of aliphatic hydroxyl groups excluding tert-OH is 1. The molecule has 122 valence electrons. The molecule has 3 heteroatoms. The molecule has 2 N–H and O–H groups in total. The maximum Gasteiger partial charge on any atom is 0.0614 e. The molecule has 0 amide bonds. The Labute approximate surface area is 129 Å². The van der Waals surface area contributed by atoms with Crippen LogP contribution in [-0.4, -0.2) is 35.5 Å². The number of hydrogen-bond acceptors (Lipinski definition) is 3. The second-order valence-corrected chi connectivity index (χ2v) is 8.10. The molecule has 3 aliphatic carbocycles. The lowest BCUT2D eigenvalue weighted by Crippen LogP contribution is -2.54. The van der Waals surface area contributed by atoms with Crippen molar-refractivity contribution >= 4 is 0 Å². The predicted molar refractivity (Wildman–Crippen MR) is 85.3 cm³/mol. The van der Waals surface area contributed by atoms with Crippen LogP contribution in [0.25, 0.3) is 0 Å². The van der Waals surface area contributed by atoms with Gasteiger partial charge in [-0.2, -0.15) is 0 Å². The van der Waals surface area contributed by atoms with Crippen molar-refractivity contribution < 1.29 is 9.84 Å². The summed E-state index contributed by atoms with van der Waals surface area (Å²) in [5, 5.41) is 13.6. The average Bonchev–Trinajstić information content (AvgIpc) is 3.27. The zero-order valence-electron chi connectivity index (χ0n) is 13.8. The fourth-order valence-corrected chi connectivity index (χ4v) is 4.30. The van der Waals surface area contributed by atoms with E-state index in [1.54, 1.807) is 0 Å². The molecule has 5 unspecified atom stereocenters. The van der Waals surface area contributed by atoms with Gasteiger partial charge in [0, 0.05) is 11.6 Å². The summed E-state index contributed by atoms with van der Waals surface area (Å²) in [5.74, 6) is 1.64. The highest BCUT2D eigenvalue weighted by Gasteiger charge is 2.41. The monoisotopic (exact) mass is 295 g/mol. The Morgan fingerprint density at radius 2 is 1.86 bits per heavy atom. The van der Waals surface area contributed by atoms with E-state index >= 15 is 0 Å². The van der Waals surface area contributed by atoms with Gasteiger partial charge >= 0.3 is 0 Å². The second kappa shape index (κ2) is 6.55. The molecule has 3 saturated carbocycles. The Hall–Kier alpha value is -0.120. The van der Waals surface area contributed by atoms with Gasteiger partial charge in [0.05, 0.1) is 18.8 Å². The molecule has 0 aromatic heterocycles. The van der Waals surface area contributed by atoms with E-state index in [9.17, 15) is 5.11 Å². The Morgan fingerprint density at radius 3 is 2.52 bits per heavy atom. The van der Waals surface area contributed by atoms with E-state index in [4.69, 9.17) is 4.74 Å². The van der Waals surface area contributed by atoms with E-state index in [2.05, 4.69) is 19.2 Å². The first-order chi connectivity index (χ1) is 10.1. The molecule has 3 aliphatic rings. The lowest BCUT2D eigenvalue weighted by atomic mass is 9.78. The molecule has 0 aromatic carbocycles. The van der Waals surface area contributed by atoms with E-state index in [0.717, 1.165) is 24.7 Å². The van der Waals surface area contributed by atoms with Crippen LogP contribution >= 0.6 is 0 Å². The highest BCUT2D eigenvalue weighted by Crippen LogP contribution is 2.37. The van der Waals surface area contributed by atoms with E-state index in [-0.39, 0.29) is 12.1 Å². The minimum Gasteiger partial charge on any atom is -0.394 e. The summed E-state index contributed by atoms with van der Waals surface area (Å²) < 4.78 is 6.46. The summed E-state index contributed by atoms with van der Waals surface area (Å²) in [7, 11) is 0. The Kier molecular flexibility index (Phi) is 4.92. The number of ether oxygens (including phenoxy) is 1. The summed E-state index contributed by atoms with van der Waals surface area (Å²) in [4.78, 5) is 0. The lowest BCUT2D eigenvalue weighted by Gasteiger charge is -2.43. The van der Waals surface area contributed by atoms with Gasteiger partial charge in [0.15, 0.2) is 0 Å². The predicted octanol–water partition coefficient (Wildman–Crippen LogP) is 3.25. The first-order valence-corrected chi connectivity index (χ1v) is 9.14. The van der Waals surface area contributed by atoms with Crippen molar-refractivity contribution in [1.82, 2.24) is 5.32 Å². The summed E-state index contributed by atoms with van der Waals surface area (Å²) in [6.45, 7) is 5.01. The topological polar surface area (TPSA) is 41.5 Å². The summed E-state index contributed by atoms with van der Waals surface area (Å²) in [5.41, 5.74) is -0.0579. The smallest absolute Gasteiger partial charge is 0.0614 e. The molecular formula is C18H33NO2. The summed E-state index contributed by atoms with van der Waals surface area (Å²) >= 11 is 0. The third kappa shape index (κ3) is 4.00. The SMILES string of the molecule is CC1CCC(OC2CCCC(CO)(NC3CC3)C2)CC1C. The molecule has 0 saturated heterocycles. The van der Waals surface area contributed by atoms with Crippen LogP contribution in [0.3, 0.4) is 0 Å². The molecule has 0 aromatic rings. The molecule has 0 heterocycles. The van der Waals surface area contributed by atoms with Gasteiger partial charge in [-0.25, -0.2) is 0 Å². The minimum absolute atomic E-state index is 0.0579. The maximum absolute atomic E-state index is 9.90. The van der Waals surface area contributed by atoms with Crippen molar-refractivity contribution in [3.8, 4) is 0 Å². The first-order valence-electron chi connectivity index (χ1n) is 9.14. The van der Waals surface area contributed by atoms with Crippen LogP contribution in [0.4, 0.5) is 0 Å². The molecule has 3 rings (SSSR count). The van der Waals surface area contributed by atoms with Gasteiger partial charge in [-0.3, -0.25) is 0 Å². The first kappa shape index (κ1) is 15.8. The van der Waals surface area contributed by atoms with Crippen molar-refractivity contribution in [2.45, 2.75) is 95.4 Å². The van der Waals surface area contributed by atoms with Crippen molar-refractivity contribution in [3.05, 3.63) is 0 Å². The second-order valence-electron chi connectivity index (χ2n) is 8.10. The van der Waals surface area contributed by atoms with E-state index in [0.29, 0.717) is 18.2 Å². The zero-order chi connectivity index (χ0) is 14.9. The standard InChI is InChI=1S/C18H33NO2/c1-13-5-8-16(10-14(13)2)21-17-4-3-9-18(11-17,12-20)19-15-6-7-15/h13-17,19-20H,3-12H2,1-2H3. The van der Waals surface area contributed by atoms with Crippen LogP contribution < -0.4 is 5.32 Å². The Morgan fingerprint density at radius 1 is 1.05 bits per heavy atom. The molecule has 0 bridgehead atoms. The van der Waals surface area contributed by atoms with Gasteiger partial charge in [-0.05, 0) is 69.6 Å². The average molecular weight is 295 g/mol. The van der Waals surface area contributed by atoms with Crippen LogP contribution in [0.5, 0.6) is 0 Å². The number of nitrogens with one attached hydrogen (secondary N) is 1. The van der Waals surface area contributed by atoms with Crippen molar-refractivity contribution in [1.29, 1.82) is 0 Å². The normalized spacial score (nSPS) is 44.7. The van der Waals surface area contributed by atoms with Crippen LogP contribution in [-0.2, 0) is 4.74 Å². The highest BCUT2D eigenvalue weighted by molar-refractivity contribution is 4.99. The third-order valence-electron chi connectivity index (χ3n) is 6.13. The van der Waals surface area contributed by atoms with E-state index in [1.807, 2.05) is 0 Å². The van der Waals surface area contributed by atoms with E-state index < -0.39 is 0 Å². The number of hydrogen-bond donors (Lipinski definition) is 2. The fourth-order valence-electron chi connectivity index (χ4n) is 4.30. The lowest BCUT2D eigenvalue weighted by molar-refractivity contribution is -0.0804.